The van der Waals surface area contributed by atoms with E-state index in [1.165, 1.54) is 45.0 Å². The van der Waals surface area contributed by atoms with Gasteiger partial charge in [0, 0.05) is 26.7 Å². The highest BCUT2D eigenvalue weighted by atomic mass is 33.1. The minimum Gasteiger partial charge on any atom is -0.369 e. The Labute approximate surface area is 272 Å². The maximum atomic E-state index is 12.8. The van der Waals surface area contributed by atoms with Crippen LogP contribution in [0.25, 0.3) is 11.0 Å². The number of nitrogens with one attached hydrogen (secondary N) is 1. The van der Waals surface area contributed by atoms with Crippen LogP contribution in [0.15, 0.2) is 17.5 Å². The fourth-order valence-electron chi connectivity index (χ4n) is 4.01. The molecule has 0 aliphatic carbocycles. The second-order valence-corrected chi connectivity index (χ2v) is 16.9. The fraction of sp³-hybridized carbons (Fsp3) is 0.524. The second kappa shape index (κ2) is 15.3. The molecule has 260 valence electrons. The minimum absolute atomic E-state index is 0.105. The maximum absolute atomic E-state index is 12.8. The third kappa shape index (κ3) is 10.2. The summed E-state index contributed by atoms with van der Waals surface area (Å²) >= 11 is 0. The van der Waals surface area contributed by atoms with Crippen LogP contribution in [-0.2, 0) is 45.4 Å². The summed E-state index contributed by atoms with van der Waals surface area (Å²) in [7, 11) is -9.51. The van der Waals surface area contributed by atoms with Crippen molar-refractivity contribution in [1.82, 2.24) is 24.8 Å². The molecule has 0 bridgehead atoms. The molecule has 3 N–H and O–H groups in total. The highest BCUT2D eigenvalue weighted by Crippen LogP contribution is 2.80. The Balaban J connectivity index is 1.65. The van der Waals surface area contributed by atoms with Crippen molar-refractivity contribution in [1.29, 1.82) is 0 Å². The molecule has 0 aromatic carbocycles. The first-order chi connectivity index (χ1) is 21.9. The van der Waals surface area contributed by atoms with Crippen molar-refractivity contribution in [3.8, 4) is 11.8 Å². The SMILES string of the molecule is CSSCOC1C[C@H](n2cc(C#CCNC(=O)C(F)(F)F)c3c(N=CN(C)C)ncnc32)O[C@@H]1COP1(=O)OP(=O)(O)OP(=O)(O)O1. The molecule has 2 aliphatic rings. The molecule has 4 rings (SSSR count). The number of nitrogens with zero attached hydrogens (tertiary/aromatic N) is 5. The number of hydrogen-bond donors (Lipinski definition) is 3. The molecule has 2 fully saturated rings. The fourth-order valence-corrected chi connectivity index (χ4v) is 9.73. The van der Waals surface area contributed by atoms with E-state index in [-0.39, 0.29) is 29.4 Å². The van der Waals surface area contributed by atoms with Gasteiger partial charge in [0.15, 0.2) is 5.82 Å². The number of hydrogen-bond acceptors (Lipinski definition) is 15. The van der Waals surface area contributed by atoms with Gasteiger partial charge in [0.05, 0.1) is 36.5 Å². The van der Waals surface area contributed by atoms with Gasteiger partial charge in [-0.1, -0.05) is 33.4 Å². The van der Waals surface area contributed by atoms with Gasteiger partial charge in [-0.2, -0.15) is 26.1 Å². The number of alkyl halides is 3. The number of fused-ring (bicyclic) bond motifs is 1. The van der Waals surface area contributed by atoms with Gasteiger partial charge in [-0.05, 0) is 6.26 Å². The van der Waals surface area contributed by atoms with E-state index < -0.39 is 67.1 Å². The molecule has 0 spiro atoms. The summed E-state index contributed by atoms with van der Waals surface area (Å²) < 4.78 is 105. The van der Waals surface area contributed by atoms with Crippen LogP contribution in [0.1, 0.15) is 18.2 Å². The number of carbonyl (C=O) groups is 1. The van der Waals surface area contributed by atoms with Crippen molar-refractivity contribution in [3.63, 3.8) is 0 Å². The molecule has 4 heterocycles. The minimum atomic E-state index is -5.28. The van der Waals surface area contributed by atoms with Crippen LogP contribution in [0, 0.1) is 11.8 Å². The van der Waals surface area contributed by atoms with E-state index in [4.69, 9.17) is 14.0 Å². The number of aliphatic imine (C=N–C) groups is 1. The zero-order valence-corrected chi connectivity index (χ0v) is 28.6. The van der Waals surface area contributed by atoms with E-state index in [0.29, 0.717) is 5.39 Å². The van der Waals surface area contributed by atoms with Crippen LogP contribution in [0.5, 0.6) is 0 Å². The Kier molecular flexibility index (Phi) is 12.3. The van der Waals surface area contributed by atoms with Crippen LogP contribution in [-0.4, -0.2) is 99.3 Å². The molecular weight excluding hydrogens is 742 g/mol. The lowest BCUT2D eigenvalue weighted by Gasteiger charge is -2.28. The third-order valence-electron chi connectivity index (χ3n) is 5.77. The molecule has 47 heavy (non-hydrogen) atoms. The molecule has 1 amide bonds. The van der Waals surface area contributed by atoms with Crippen LogP contribution in [0.2, 0.25) is 0 Å². The van der Waals surface area contributed by atoms with Gasteiger partial charge in [-0.15, -0.1) is 0 Å². The van der Waals surface area contributed by atoms with Crippen molar-refractivity contribution in [2.75, 3.05) is 39.4 Å². The number of amides is 1. The average Bonchev–Trinajstić information content (AvgIpc) is 3.52. The van der Waals surface area contributed by atoms with E-state index in [9.17, 15) is 41.4 Å². The molecule has 2 aromatic heterocycles. The highest BCUT2D eigenvalue weighted by Gasteiger charge is 2.55. The summed E-state index contributed by atoms with van der Waals surface area (Å²) in [5.74, 6) is 3.31. The van der Waals surface area contributed by atoms with Crippen LogP contribution < -0.4 is 5.32 Å². The molecule has 0 radical (unpaired) electrons. The molecule has 5 atom stereocenters. The average molecular weight is 769 g/mol. The van der Waals surface area contributed by atoms with E-state index in [1.807, 2.05) is 6.26 Å². The summed E-state index contributed by atoms with van der Waals surface area (Å²) in [6, 6.07) is 0. The van der Waals surface area contributed by atoms with Gasteiger partial charge in [0.2, 0.25) is 0 Å². The number of carbonyl (C=O) groups excluding carboxylic acids is 1. The molecule has 2 aliphatic heterocycles. The molecule has 3 unspecified atom stereocenters. The number of ether oxygens (including phenoxy) is 2. The van der Waals surface area contributed by atoms with Crippen LogP contribution >= 0.6 is 45.1 Å². The Morgan fingerprint density at radius 1 is 1.26 bits per heavy atom. The molecule has 2 saturated heterocycles. The molecule has 0 saturated carbocycles. The summed E-state index contributed by atoms with van der Waals surface area (Å²) in [6.07, 6.45) is -1.78. The van der Waals surface area contributed by atoms with Gasteiger partial charge in [-0.3, -0.25) is 9.32 Å². The summed E-state index contributed by atoms with van der Waals surface area (Å²) in [5, 5.41) is 1.96. The first-order valence-corrected chi connectivity index (χ1v) is 20.0. The zero-order valence-electron chi connectivity index (χ0n) is 24.3. The predicted molar refractivity (Wildman–Crippen MR) is 161 cm³/mol. The summed E-state index contributed by atoms with van der Waals surface area (Å²) in [5.41, 5.74) is 0.460. The van der Waals surface area contributed by atoms with Crippen molar-refractivity contribution in [2.24, 2.45) is 4.99 Å². The largest absolute Gasteiger partial charge is 0.492 e. The smallest absolute Gasteiger partial charge is 0.369 e. The van der Waals surface area contributed by atoms with Crippen molar-refractivity contribution < 1.29 is 68.4 Å². The van der Waals surface area contributed by atoms with E-state index in [2.05, 4.69) is 39.7 Å². The van der Waals surface area contributed by atoms with Gasteiger partial charge in [-0.25, -0.2) is 28.7 Å². The van der Waals surface area contributed by atoms with Gasteiger partial charge in [0.1, 0.15) is 30.2 Å². The Hall–Kier alpha value is -2.02. The number of rotatable bonds is 11. The van der Waals surface area contributed by atoms with Crippen LogP contribution in [0.4, 0.5) is 19.0 Å². The topological polar surface area (TPSA) is 222 Å². The first kappa shape index (κ1) is 37.8. The van der Waals surface area contributed by atoms with Gasteiger partial charge in [0.25, 0.3) is 0 Å². The molecule has 26 heteroatoms. The lowest BCUT2D eigenvalue weighted by Crippen LogP contribution is -2.36. The van der Waals surface area contributed by atoms with Crippen molar-refractivity contribution >= 4 is 74.2 Å². The summed E-state index contributed by atoms with van der Waals surface area (Å²) in [4.78, 5) is 44.7. The monoisotopic (exact) mass is 768 g/mol. The standard InChI is InChI=1S/C21H26F3N6O12P3S2/c1-29(2)11-28-18-17-13(5-4-6-25-20(31)21(22,23)24)8-30(19(17)27-10-26-18)16-7-14(37-12-47-46-3)15(39-16)9-38-45(36)41-43(32,33)40-44(34,35)42-45/h8,10-11,14-16H,6-7,9,12H2,1-3H3,(H,25,31)(H,32,33)(H,34,35)/t14?,15-,16-/m1/s1. The summed E-state index contributed by atoms with van der Waals surface area (Å²) in [6.45, 7) is -1.31. The third-order valence-corrected chi connectivity index (χ3v) is 12.6. The Morgan fingerprint density at radius 2 is 1.96 bits per heavy atom. The van der Waals surface area contributed by atoms with Gasteiger partial charge < -0.3 is 34.0 Å². The van der Waals surface area contributed by atoms with Crippen LogP contribution in [0.3, 0.4) is 0 Å². The first-order valence-electron chi connectivity index (χ1n) is 12.8. The Bertz CT molecular complexity index is 1690. The lowest BCUT2D eigenvalue weighted by molar-refractivity contribution is -0.173. The second-order valence-electron chi connectivity index (χ2n) is 9.43. The Morgan fingerprint density at radius 3 is 2.60 bits per heavy atom. The maximum Gasteiger partial charge on any atom is 0.492 e. The van der Waals surface area contributed by atoms with Gasteiger partial charge >= 0.3 is 35.6 Å². The number of phosphoric acid groups is 3. The number of aromatic nitrogens is 3. The van der Waals surface area contributed by atoms with E-state index in [1.54, 1.807) is 24.3 Å². The molecular formula is C21H26F3N6O12P3S2. The highest BCUT2D eigenvalue weighted by molar-refractivity contribution is 8.76. The molecule has 2 aromatic rings. The quantitative estimate of drug-likeness (QED) is 0.0564. The molecule has 18 nitrogen and oxygen atoms in total. The normalized spacial score (nSPS) is 29.6. The van der Waals surface area contributed by atoms with E-state index >= 15 is 0 Å². The van der Waals surface area contributed by atoms with Crippen molar-refractivity contribution in [3.05, 3.63) is 18.1 Å². The van der Waals surface area contributed by atoms with E-state index in [0.717, 1.165) is 0 Å². The number of halogens is 3. The predicted octanol–water partition coefficient (Wildman–Crippen LogP) is 3.71. The van der Waals surface area contributed by atoms with Crippen molar-refractivity contribution in [2.45, 2.75) is 31.0 Å². The zero-order chi connectivity index (χ0) is 34.6. The lowest BCUT2D eigenvalue weighted by atomic mass is 10.2.